The number of hydrogen-bond acceptors (Lipinski definition) is 4. The van der Waals surface area contributed by atoms with Crippen LogP contribution in [-0.4, -0.2) is 22.6 Å². The number of hydrogen-bond donors (Lipinski definition) is 0. The van der Waals surface area contributed by atoms with Crippen molar-refractivity contribution in [1.29, 1.82) is 0 Å². The summed E-state index contributed by atoms with van der Waals surface area (Å²) in [5, 5.41) is 4.83. The van der Waals surface area contributed by atoms with Gasteiger partial charge in [-0.15, -0.1) is 0 Å². The fourth-order valence-electron chi connectivity index (χ4n) is 20.8. The summed E-state index contributed by atoms with van der Waals surface area (Å²) in [7, 11) is 0. The first-order valence-corrected chi connectivity index (χ1v) is 45.4. The van der Waals surface area contributed by atoms with Crippen LogP contribution >= 0.6 is 0 Å². The van der Waals surface area contributed by atoms with Gasteiger partial charge in [-0.2, -0.15) is 0 Å². The van der Waals surface area contributed by atoms with Crippen molar-refractivity contribution >= 4 is 124 Å². The molecule has 6 nitrogen and oxygen atoms in total. The molecule has 0 atom stereocenters. The number of rotatable bonds is 8. The fourth-order valence-corrected chi connectivity index (χ4v) is 20.8. The molecule has 0 aliphatic carbocycles. The first kappa shape index (κ1) is 80.3. The van der Waals surface area contributed by atoms with Crippen LogP contribution in [0.3, 0.4) is 0 Å². The van der Waals surface area contributed by atoms with Crippen molar-refractivity contribution in [3.8, 4) is 78.9 Å². The topological polar surface area (TPSA) is 34.8 Å². The summed E-state index contributed by atoms with van der Waals surface area (Å²) in [4.78, 5) is 5.34. The normalized spacial score (nSPS) is 13.8. The van der Waals surface area contributed by atoms with Crippen LogP contribution in [0.15, 0.2) is 297 Å². The van der Waals surface area contributed by atoms with Crippen LogP contribution < -0.4 is 52.1 Å². The summed E-state index contributed by atoms with van der Waals surface area (Å²) in [6, 6.07) is 114. The molecule has 4 aliphatic heterocycles. The lowest BCUT2D eigenvalue weighted by Crippen LogP contribution is -2.64. The maximum Gasteiger partial charge on any atom is 0.256 e. The molecule has 0 radical (unpaired) electrons. The Kier molecular flexibility index (Phi) is 18.1. The largest absolute Gasteiger partial charge is 0.458 e. The Labute approximate surface area is 745 Å². The predicted molar refractivity (Wildman–Crippen MR) is 539 cm³/mol. The monoisotopic (exact) mass is 1640 g/mol. The second-order valence-electron chi connectivity index (χ2n) is 43.3. The van der Waals surface area contributed by atoms with Gasteiger partial charge in [0.25, 0.3) is 13.4 Å². The van der Waals surface area contributed by atoms with Gasteiger partial charge in [0.1, 0.15) is 23.0 Å². The number of aromatic nitrogens is 2. The van der Waals surface area contributed by atoms with E-state index in [1.54, 1.807) is 0 Å². The third-order valence-electron chi connectivity index (χ3n) is 27.6. The van der Waals surface area contributed by atoms with Gasteiger partial charge >= 0.3 is 0 Å². The highest BCUT2D eigenvalue weighted by Gasteiger charge is 2.51. The zero-order valence-corrected chi connectivity index (χ0v) is 77.1. The molecule has 0 saturated carbocycles. The van der Waals surface area contributed by atoms with Gasteiger partial charge in [-0.3, -0.25) is 0 Å². The second-order valence-corrected chi connectivity index (χ2v) is 43.3. The van der Waals surface area contributed by atoms with Crippen molar-refractivity contribution in [3.63, 3.8) is 0 Å². The van der Waals surface area contributed by atoms with Gasteiger partial charge in [-0.1, -0.05) is 382 Å². The average molecular weight is 1640 g/mol. The third kappa shape index (κ3) is 12.9. The molecule has 126 heavy (non-hydrogen) atoms. The SMILES string of the molecule is CC(C)(C)c1ccc2c(c1)N(c1c(-c3ccccc3)cccc1-c1ccccc1)c1cc(-n3c4cc(C(C)(C)C)ccc4c4ccc(C(C)(C)C)cc43)cc3c1B2c1cc2c(c(C(C)(C)C)c1O3)Oc1cc(-n3c4cc(C(C)(C)C)ccc4c4ccc(C(C)(C)C)cc43)cc3c1B2c1ccc(C(C)(C)C)cc1N3c1c(-c2ccccc2)cccc1-c1ccccc1. The quantitative estimate of drug-likeness (QED) is 0.142. The smallest absolute Gasteiger partial charge is 0.256 e. The summed E-state index contributed by atoms with van der Waals surface area (Å²) < 4.78 is 22.2. The van der Waals surface area contributed by atoms with Gasteiger partial charge in [-0.05, 0) is 175 Å². The van der Waals surface area contributed by atoms with E-state index in [4.69, 9.17) is 9.47 Å². The first-order valence-electron chi connectivity index (χ1n) is 45.4. The van der Waals surface area contributed by atoms with E-state index in [2.05, 4.69) is 462 Å². The molecule has 0 amide bonds. The summed E-state index contributed by atoms with van der Waals surface area (Å²) in [6.07, 6.45) is 0. The van der Waals surface area contributed by atoms with Crippen molar-refractivity contribution in [3.05, 3.63) is 336 Å². The van der Waals surface area contributed by atoms with E-state index in [0.717, 1.165) is 162 Å². The molecule has 4 aliphatic rings. The zero-order chi connectivity index (χ0) is 87.7. The molecular weight excluding hydrogens is 1530 g/mol. The Morgan fingerprint density at radius 3 is 0.770 bits per heavy atom. The Morgan fingerprint density at radius 1 is 0.230 bits per heavy atom. The summed E-state index contributed by atoms with van der Waals surface area (Å²) in [5.41, 5.74) is 36.0. The summed E-state index contributed by atoms with van der Waals surface area (Å²) in [6.45, 7) is 48.7. The van der Waals surface area contributed by atoms with Crippen LogP contribution in [0, 0.1) is 0 Å². The highest BCUT2D eigenvalue weighted by Crippen LogP contribution is 2.56. The Bertz CT molecular complexity index is 6680. The second kappa shape index (κ2) is 28.4. The van der Waals surface area contributed by atoms with Gasteiger partial charge in [0, 0.05) is 84.2 Å². The molecular formula is C118H112B2N4O2. The molecule has 17 aromatic rings. The van der Waals surface area contributed by atoms with Crippen molar-refractivity contribution in [2.24, 2.45) is 0 Å². The number of anilines is 6. The van der Waals surface area contributed by atoms with Crippen LogP contribution in [0.4, 0.5) is 34.1 Å². The van der Waals surface area contributed by atoms with Gasteiger partial charge in [0.15, 0.2) is 0 Å². The Morgan fingerprint density at radius 2 is 0.500 bits per heavy atom. The Hall–Kier alpha value is -12.8. The fraction of sp³-hybridized carbons (Fsp3) is 0.237. The third-order valence-corrected chi connectivity index (χ3v) is 27.6. The minimum Gasteiger partial charge on any atom is -0.458 e. The highest BCUT2D eigenvalue weighted by molar-refractivity contribution is 7.02. The van der Waals surface area contributed by atoms with E-state index in [0.29, 0.717) is 0 Å². The Balaban J connectivity index is 0.913. The maximum absolute atomic E-state index is 8.50. The van der Waals surface area contributed by atoms with E-state index in [-0.39, 0.29) is 45.9 Å². The number of nitrogens with zero attached hydrogens (tertiary/aromatic N) is 4. The van der Waals surface area contributed by atoms with E-state index in [9.17, 15) is 0 Å². The van der Waals surface area contributed by atoms with Gasteiger partial charge < -0.3 is 28.4 Å². The lowest BCUT2D eigenvalue weighted by Gasteiger charge is -2.45. The van der Waals surface area contributed by atoms with Gasteiger partial charge in [0.2, 0.25) is 0 Å². The molecule has 622 valence electrons. The molecule has 0 fully saturated rings. The van der Waals surface area contributed by atoms with Crippen molar-refractivity contribution < 1.29 is 9.47 Å². The van der Waals surface area contributed by atoms with Crippen LogP contribution in [0.25, 0.3) is 99.5 Å². The minimum absolute atomic E-state index is 0.145. The molecule has 0 bridgehead atoms. The molecule has 8 heteroatoms. The first-order chi connectivity index (χ1) is 59.9. The van der Waals surface area contributed by atoms with Crippen LogP contribution in [-0.2, 0) is 37.9 Å². The maximum atomic E-state index is 8.50. The van der Waals surface area contributed by atoms with E-state index in [1.165, 1.54) is 65.9 Å². The van der Waals surface area contributed by atoms with Crippen LogP contribution in [0.2, 0.25) is 0 Å². The van der Waals surface area contributed by atoms with Gasteiger partial charge in [-0.25, -0.2) is 0 Å². The van der Waals surface area contributed by atoms with Crippen molar-refractivity contribution in [1.82, 2.24) is 9.13 Å². The van der Waals surface area contributed by atoms with Crippen LogP contribution in [0.1, 0.15) is 184 Å². The molecule has 21 rings (SSSR count). The lowest BCUT2D eigenvalue weighted by atomic mass is 9.30. The number of ether oxygens (including phenoxy) is 2. The van der Waals surface area contributed by atoms with E-state index < -0.39 is 5.41 Å². The number of fused-ring (bicyclic) bond motifs is 14. The lowest BCUT2D eigenvalue weighted by molar-refractivity contribution is 0.426. The highest BCUT2D eigenvalue weighted by atomic mass is 16.5. The zero-order valence-electron chi connectivity index (χ0n) is 77.1. The van der Waals surface area contributed by atoms with Gasteiger partial charge in [0.05, 0.1) is 44.8 Å². The standard InChI is InChI=1S/C118H112B2N4O2/c1-112(2,3)75-48-54-87-88-55-49-76(113(4,5)6)61-96(88)121(95(87)60-75)81-66-101-106-103(68-81)125-110-93(119(106)91-58-52-79(116(13,14)15)64-99(91)123(101)108-83(71-36-26-22-27-37-71)44-34-45-84(108)72-38-28-23-29-39-72)70-94-111(105(110)118(19,20)21)126-104-69-82(122-97-62-77(114(7,8)9)50-56-89(97)90-57-51-78(63-98(90)122)115(10,11)12)67-102-107(104)120(94)92-59-53-80(117(16,17)18)65-100(92)124(102)109-85(73-40-30-24-31-41-73)46-35-47-86(109)74-42-32-25-33-43-74/h22-70H,1-21H3. The number of para-hydroxylation sites is 2. The molecule has 0 saturated heterocycles. The van der Waals surface area contributed by atoms with Crippen molar-refractivity contribution in [2.75, 3.05) is 9.80 Å². The molecule has 2 aromatic heterocycles. The van der Waals surface area contributed by atoms with E-state index in [1.807, 2.05) is 0 Å². The molecule has 0 spiro atoms. The molecule has 15 aromatic carbocycles. The average Bonchev–Trinajstić information content (AvgIpc) is 0.693. The molecule has 0 unspecified atom stereocenters. The van der Waals surface area contributed by atoms with E-state index >= 15 is 0 Å². The summed E-state index contributed by atoms with van der Waals surface area (Å²) >= 11 is 0. The predicted octanol–water partition coefficient (Wildman–Crippen LogP) is 28.4. The molecule has 0 N–H and O–H groups in total. The minimum atomic E-state index is -0.595. The molecule has 6 heterocycles. The van der Waals surface area contributed by atoms with Crippen molar-refractivity contribution in [2.45, 2.75) is 183 Å². The number of benzene rings is 15. The van der Waals surface area contributed by atoms with Crippen LogP contribution in [0.5, 0.6) is 23.0 Å². The summed E-state index contributed by atoms with van der Waals surface area (Å²) in [5.74, 6) is 3.29.